The van der Waals surface area contributed by atoms with Crippen LogP contribution in [0.2, 0.25) is 0 Å². The highest BCUT2D eigenvalue weighted by molar-refractivity contribution is 7.89. The summed E-state index contributed by atoms with van der Waals surface area (Å²) in [6.45, 7) is 4.69. The Hall–Kier alpha value is -2.49. The van der Waals surface area contributed by atoms with Crippen LogP contribution in [-0.2, 0) is 16.6 Å². The van der Waals surface area contributed by atoms with E-state index in [9.17, 15) is 23.6 Å². The van der Waals surface area contributed by atoms with E-state index < -0.39 is 14.9 Å². The Balaban J connectivity index is 1.94. The van der Waals surface area contributed by atoms with E-state index in [2.05, 4.69) is 5.32 Å². The quantitative estimate of drug-likeness (QED) is 0.547. The number of hydrogen-bond donors (Lipinski definition) is 2. The molecule has 1 heterocycles. The zero-order valence-electron chi connectivity index (χ0n) is 16.4. The van der Waals surface area contributed by atoms with Crippen LogP contribution < -0.4 is 5.32 Å². The number of nitrogens with one attached hydrogen (secondary N) is 1. The summed E-state index contributed by atoms with van der Waals surface area (Å²) in [5.74, 6) is 0.478. The molecule has 0 aliphatic carbocycles. The van der Waals surface area contributed by atoms with E-state index in [1.807, 2.05) is 13.8 Å². The van der Waals surface area contributed by atoms with Gasteiger partial charge in [-0.2, -0.15) is 4.31 Å². The number of nitrogens with zero attached hydrogens (tertiary/aromatic N) is 2. The first-order valence-electron chi connectivity index (χ1n) is 9.46. The molecule has 29 heavy (non-hydrogen) atoms. The molecule has 2 unspecified atom stereocenters. The van der Waals surface area contributed by atoms with Gasteiger partial charge in [-0.25, -0.2) is 8.42 Å². The molecule has 2 aromatic rings. The molecule has 156 valence electrons. The van der Waals surface area contributed by atoms with Crippen molar-refractivity contribution in [2.75, 3.05) is 18.4 Å². The molecule has 0 bridgehead atoms. The highest BCUT2D eigenvalue weighted by atomic mass is 32.2. The molecule has 1 aliphatic rings. The Bertz CT molecular complexity index is 999. The molecule has 2 aromatic carbocycles. The number of benzene rings is 2. The van der Waals surface area contributed by atoms with Crippen molar-refractivity contribution < 1.29 is 18.4 Å². The van der Waals surface area contributed by atoms with Crippen molar-refractivity contribution in [2.24, 2.45) is 11.8 Å². The fourth-order valence-electron chi connectivity index (χ4n) is 3.78. The molecule has 2 N–H and O–H groups in total. The van der Waals surface area contributed by atoms with E-state index in [0.29, 0.717) is 24.3 Å². The summed E-state index contributed by atoms with van der Waals surface area (Å²) < 4.78 is 27.5. The van der Waals surface area contributed by atoms with Crippen molar-refractivity contribution >= 4 is 27.1 Å². The molecule has 0 saturated carbocycles. The normalized spacial score (nSPS) is 20.4. The molecule has 0 aromatic heterocycles. The number of nitro benzene ring substituents is 1. The summed E-state index contributed by atoms with van der Waals surface area (Å²) in [5.41, 5.74) is 1.09. The molecule has 0 radical (unpaired) electrons. The number of aliphatic hydroxyl groups is 1. The Morgan fingerprint density at radius 3 is 2.48 bits per heavy atom. The van der Waals surface area contributed by atoms with Crippen LogP contribution in [0.3, 0.4) is 0 Å². The topological polar surface area (TPSA) is 113 Å². The van der Waals surface area contributed by atoms with Crippen molar-refractivity contribution in [3.8, 4) is 0 Å². The molecule has 0 spiro atoms. The highest BCUT2D eigenvalue weighted by Crippen LogP contribution is 2.33. The average Bonchev–Trinajstić information content (AvgIpc) is 2.67. The number of anilines is 2. The van der Waals surface area contributed by atoms with Crippen LogP contribution in [0.15, 0.2) is 47.4 Å². The molecule has 3 rings (SSSR count). The summed E-state index contributed by atoms with van der Waals surface area (Å²) >= 11 is 0. The molecule has 1 fully saturated rings. The number of rotatable bonds is 6. The minimum atomic E-state index is -3.82. The minimum absolute atomic E-state index is 0.0832. The van der Waals surface area contributed by atoms with Gasteiger partial charge in [0.2, 0.25) is 10.0 Å². The number of hydrogen-bond acceptors (Lipinski definition) is 6. The number of sulfonamides is 1. The maximum absolute atomic E-state index is 13.1. The fraction of sp³-hybridized carbons (Fsp3) is 0.400. The van der Waals surface area contributed by atoms with Crippen molar-refractivity contribution in [1.82, 2.24) is 4.31 Å². The molecule has 0 amide bonds. The van der Waals surface area contributed by atoms with Crippen LogP contribution >= 0.6 is 0 Å². The average molecular weight is 420 g/mol. The predicted octanol–water partition coefficient (Wildman–Crippen LogP) is 3.50. The van der Waals surface area contributed by atoms with Crippen molar-refractivity contribution in [3.63, 3.8) is 0 Å². The molecular formula is C20H25N3O5S. The van der Waals surface area contributed by atoms with Gasteiger partial charge in [-0.3, -0.25) is 10.1 Å². The summed E-state index contributed by atoms with van der Waals surface area (Å²) in [6.07, 6.45) is 0.960. The summed E-state index contributed by atoms with van der Waals surface area (Å²) in [7, 11) is -3.82. The van der Waals surface area contributed by atoms with Gasteiger partial charge in [-0.1, -0.05) is 26.0 Å². The van der Waals surface area contributed by atoms with Crippen LogP contribution in [0.1, 0.15) is 25.8 Å². The van der Waals surface area contributed by atoms with E-state index in [4.69, 9.17) is 0 Å². The largest absolute Gasteiger partial charge is 0.392 e. The second-order valence-electron chi connectivity index (χ2n) is 7.69. The monoisotopic (exact) mass is 419 g/mol. The highest BCUT2D eigenvalue weighted by Gasteiger charge is 2.33. The van der Waals surface area contributed by atoms with Crippen molar-refractivity contribution in [3.05, 3.63) is 58.1 Å². The fourth-order valence-corrected chi connectivity index (χ4v) is 5.48. The van der Waals surface area contributed by atoms with Gasteiger partial charge in [0.1, 0.15) is 5.69 Å². The van der Waals surface area contributed by atoms with E-state index in [-0.39, 0.29) is 34.7 Å². The lowest BCUT2D eigenvalue weighted by Crippen LogP contribution is -2.42. The van der Waals surface area contributed by atoms with Crippen LogP contribution in [-0.4, -0.2) is 35.8 Å². The first-order valence-corrected chi connectivity index (χ1v) is 10.9. The third-order valence-electron chi connectivity index (χ3n) is 5.03. The second-order valence-corrected chi connectivity index (χ2v) is 9.63. The summed E-state index contributed by atoms with van der Waals surface area (Å²) in [5, 5.41) is 23.8. The van der Waals surface area contributed by atoms with Crippen LogP contribution in [0.4, 0.5) is 17.1 Å². The van der Waals surface area contributed by atoms with Crippen molar-refractivity contribution in [2.45, 2.75) is 31.8 Å². The summed E-state index contributed by atoms with van der Waals surface area (Å²) in [4.78, 5) is 10.9. The zero-order valence-corrected chi connectivity index (χ0v) is 17.2. The maximum atomic E-state index is 13.1. The molecule has 2 atom stereocenters. The molecule has 1 saturated heterocycles. The van der Waals surface area contributed by atoms with E-state index in [1.54, 1.807) is 24.3 Å². The van der Waals surface area contributed by atoms with Crippen LogP contribution in [0.5, 0.6) is 0 Å². The van der Waals surface area contributed by atoms with Gasteiger partial charge >= 0.3 is 0 Å². The Morgan fingerprint density at radius 1 is 1.17 bits per heavy atom. The smallest absolute Gasteiger partial charge is 0.294 e. The first-order chi connectivity index (χ1) is 13.7. The Labute approximate surface area is 170 Å². The SMILES string of the molecule is CC1CC(C)CN(S(=O)(=O)c2ccc(Nc3cccc(CO)c3)c([N+](=O)[O-])c2)C1. The van der Waals surface area contributed by atoms with Gasteiger partial charge in [0, 0.05) is 24.8 Å². The number of nitro groups is 1. The molecule has 8 nitrogen and oxygen atoms in total. The third kappa shape index (κ3) is 4.75. The minimum Gasteiger partial charge on any atom is -0.392 e. The van der Waals surface area contributed by atoms with Gasteiger partial charge in [-0.05, 0) is 48.1 Å². The standard InChI is InChI=1S/C20H25N3O5S/c1-14-8-15(2)12-22(11-14)29(27,28)18-6-7-19(20(10-18)23(25)26)21-17-5-3-4-16(9-17)13-24/h3-7,9-10,14-15,21,24H,8,11-13H2,1-2H3. The lowest BCUT2D eigenvalue weighted by Gasteiger charge is -2.34. The van der Waals surface area contributed by atoms with Gasteiger partial charge < -0.3 is 10.4 Å². The van der Waals surface area contributed by atoms with Gasteiger partial charge in [0.15, 0.2) is 0 Å². The van der Waals surface area contributed by atoms with E-state index in [0.717, 1.165) is 12.5 Å². The lowest BCUT2D eigenvalue weighted by molar-refractivity contribution is -0.384. The van der Waals surface area contributed by atoms with Gasteiger partial charge in [-0.15, -0.1) is 0 Å². The van der Waals surface area contributed by atoms with Gasteiger partial charge in [0.05, 0.1) is 16.4 Å². The molecule has 9 heteroatoms. The Morgan fingerprint density at radius 2 is 1.86 bits per heavy atom. The maximum Gasteiger partial charge on any atom is 0.294 e. The molecule has 1 aliphatic heterocycles. The number of piperidine rings is 1. The van der Waals surface area contributed by atoms with Gasteiger partial charge in [0.25, 0.3) is 5.69 Å². The Kier molecular flexibility index (Phi) is 6.21. The second kappa shape index (κ2) is 8.48. The lowest BCUT2D eigenvalue weighted by atomic mass is 9.94. The summed E-state index contributed by atoms with van der Waals surface area (Å²) in [6, 6.07) is 10.7. The van der Waals surface area contributed by atoms with E-state index in [1.165, 1.54) is 16.4 Å². The predicted molar refractivity (Wildman–Crippen MR) is 110 cm³/mol. The zero-order chi connectivity index (χ0) is 21.2. The third-order valence-corrected chi connectivity index (χ3v) is 6.86. The van der Waals surface area contributed by atoms with Crippen LogP contribution in [0.25, 0.3) is 0 Å². The van der Waals surface area contributed by atoms with Crippen molar-refractivity contribution in [1.29, 1.82) is 0 Å². The van der Waals surface area contributed by atoms with Crippen LogP contribution in [0, 0.1) is 22.0 Å². The number of aliphatic hydroxyl groups excluding tert-OH is 1. The van der Waals surface area contributed by atoms with E-state index >= 15 is 0 Å². The first kappa shape index (κ1) is 21.2. The molecular weight excluding hydrogens is 394 g/mol.